The number of hydrogen-bond donors (Lipinski definition) is 0. The van der Waals surface area contributed by atoms with E-state index in [9.17, 15) is 139 Å². The van der Waals surface area contributed by atoms with Gasteiger partial charge in [-0.15, -0.1) is 0 Å². The topological polar surface area (TPSA) is 313 Å². The standard InChI is InChI=1S/C28H9F18IO22S6/c1-62-6-4-10(66-72(54,55)25(35,36)37)16-14(8(64-70(50,51)23(29,30)31)5-11(67-73(56,57)26(38,39)40)21(16)68-74(58,59)27(41,42)43)12(6)13-7(63-2)3-9(65-71(52,53)24(32,33)34)15-17(13)20(49)22(18(47)19(15)48)69-75(60,61)28(44,45)46/h3-5H,1-2H3. The van der Waals surface area contributed by atoms with E-state index in [4.69, 9.17) is 9.47 Å². The van der Waals surface area contributed by atoms with Gasteiger partial charge in [0.05, 0.1) is 30.7 Å². The average Bonchev–Trinajstić information content (AvgIpc) is 3.19. The second kappa shape index (κ2) is 18.9. The summed E-state index contributed by atoms with van der Waals surface area (Å²) in [6, 6.07) is -2.43. The number of carbonyl (C=O) groups is 2. The minimum absolute atomic E-state index is 0.0607. The first-order valence-electron chi connectivity index (χ1n) is 16.7. The highest BCUT2D eigenvalue weighted by atomic mass is 127. The second-order valence-corrected chi connectivity index (χ2v) is 23.1. The highest BCUT2D eigenvalue weighted by molar-refractivity contribution is 14.1. The van der Waals surface area contributed by atoms with Gasteiger partial charge in [0.25, 0.3) is 0 Å². The minimum atomic E-state index is -7.94. The molecule has 0 unspecified atom stereocenters. The second-order valence-electron chi connectivity index (χ2n) is 12.8. The zero-order valence-electron chi connectivity index (χ0n) is 33.8. The van der Waals surface area contributed by atoms with Crippen LogP contribution in [0.15, 0.2) is 27.5 Å². The largest absolute Gasteiger partial charge is 0.534 e. The molecule has 1 aliphatic carbocycles. The Bertz CT molecular complexity index is 3670. The fraction of sp³-hybridized carbons (Fsp3) is 0.286. The van der Waals surface area contributed by atoms with Gasteiger partial charge in [0, 0.05) is 34.7 Å². The number of benzene rings is 3. The number of ether oxygens (including phenoxy) is 2. The van der Waals surface area contributed by atoms with Crippen LogP contribution >= 0.6 is 22.6 Å². The molecule has 422 valence electrons. The molecule has 3 aromatic rings. The Morgan fingerprint density at radius 3 is 1.01 bits per heavy atom. The molecule has 1 aliphatic rings. The third-order valence-corrected chi connectivity index (χ3v) is 14.9. The summed E-state index contributed by atoms with van der Waals surface area (Å²) < 4.78 is 426. The Hall–Kier alpha value is -5.43. The predicted octanol–water partition coefficient (Wildman–Crippen LogP) is 6.56. The van der Waals surface area contributed by atoms with E-state index >= 15 is 0 Å². The van der Waals surface area contributed by atoms with Crippen molar-refractivity contribution in [3.63, 3.8) is 0 Å². The van der Waals surface area contributed by atoms with Crippen molar-refractivity contribution in [2.24, 2.45) is 0 Å². The highest BCUT2D eigenvalue weighted by Crippen LogP contribution is 2.59. The van der Waals surface area contributed by atoms with Gasteiger partial charge in [-0.3, -0.25) is 9.59 Å². The normalized spacial score (nSPS) is 15.1. The summed E-state index contributed by atoms with van der Waals surface area (Å²) in [4.78, 5) is 28.3. The fourth-order valence-electron chi connectivity index (χ4n) is 5.21. The maximum absolute atomic E-state index is 14.3. The quantitative estimate of drug-likeness (QED) is 0.0673. The number of methoxy groups -OCH3 is 2. The number of hydrogen-bond acceptors (Lipinski definition) is 22. The van der Waals surface area contributed by atoms with Crippen LogP contribution in [-0.2, 0) is 64.9 Å². The van der Waals surface area contributed by atoms with Gasteiger partial charge in [-0.1, -0.05) is 0 Å². The number of halogens is 19. The Balaban J connectivity index is 2.68. The molecular formula is C28H9F18IO22S6. The van der Waals surface area contributed by atoms with Gasteiger partial charge in [-0.25, -0.2) is 0 Å². The molecule has 0 amide bonds. The maximum Gasteiger partial charge on any atom is 0.534 e. The third-order valence-electron chi connectivity index (χ3n) is 8.10. The average molecular weight is 1360 g/mol. The highest BCUT2D eigenvalue weighted by Gasteiger charge is 2.56. The van der Waals surface area contributed by atoms with E-state index in [1.54, 1.807) is 0 Å². The van der Waals surface area contributed by atoms with E-state index in [0.29, 0.717) is 22.6 Å². The number of allylic oxidation sites excluding steroid dienone is 2. The zero-order chi connectivity index (χ0) is 58.6. The summed E-state index contributed by atoms with van der Waals surface area (Å²) in [7, 11) is -45.8. The van der Waals surface area contributed by atoms with Crippen LogP contribution in [-0.4, -0.2) is 109 Å². The number of carbonyl (C=O) groups excluding carboxylic acids is 2. The molecule has 0 bridgehead atoms. The van der Waals surface area contributed by atoms with Crippen LogP contribution in [0.25, 0.3) is 21.9 Å². The van der Waals surface area contributed by atoms with Crippen LogP contribution in [0.2, 0.25) is 0 Å². The van der Waals surface area contributed by atoms with Crippen molar-refractivity contribution in [3.05, 3.63) is 38.7 Å². The van der Waals surface area contributed by atoms with Crippen molar-refractivity contribution >= 4 is 106 Å². The molecule has 0 fully saturated rings. The molecule has 0 spiro atoms. The number of rotatable bonds is 15. The van der Waals surface area contributed by atoms with Crippen molar-refractivity contribution in [2.75, 3.05) is 14.2 Å². The first kappa shape index (κ1) is 62.1. The lowest BCUT2D eigenvalue weighted by Gasteiger charge is -2.27. The Labute approximate surface area is 414 Å². The van der Waals surface area contributed by atoms with Crippen LogP contribution in [0.1, 0.15) is 20.7 Å². The van der Waals surface area contributed by atoms with Crippen molar-refractivity contribution < 1.29 is 174 Å². The number of alkyl halides is 18. The summed E-state index contributed by atoms with van der Waals surface area (Å²) in [5, 5.41) is -5.73. The Kier molecular flexibility index (Phi) is 15.7. The molecule has 0 heterocycles. The molecule has 0 aromatic heterocycles. The maximum atomic E-state index is 14.3. The van der Waals surface area contributed by atoms with Gasteiger partial charge in [0.2, 0.25) is 17.3 Å². The Morgan fingerprint density at radius 1 is 0.347 bits per heavy atom. The van der Waals surface area contributed by atoms with Gasteiger partial charge in [-0.05, 0) is 22.6 Å². The fourth-order valence-corrected chi connectivity index (χ4v) is 8.78. The molecule has 4 rings (SSSR count). The SMILES string of the molecule is COc1cc(OS(=O)(=O)C(F)(F)F)c2c(c1-c1c(OC)cc(OS(=O)(=O)C(F)(F)F)c3c(OS(=O)(=O)C(F)(F)F)c(OS(=O)(=O)C(F)(F)F)cc(OS(=O)(=O)C(F)(F)F)c13)C(=O)C(OS(=O)(=O)C(F)(F)F)=C(I)C2=O. The van der Waals surface area contributed by atoms with Gasteiger partial charge >= 0.3 is 93.8 Å². The van der Waals surface area contributed by atoms with E-state index in [2.05, 4.69) is 25.1 Å². The molecule has 0 saturated carbocycles. The van der Waals surface area contributed by atoms with Crippen molar-refractivity contribution in [1.29, 1.82) is 0 Å². The summed E-state index contributed by atoms with van der Waals surface area (Å²) in [6.45, 7) is 0. The molecule has 22 nitrogen and oxygen atoms in total. The first-order valence-corrected chi connectivity index (χ1v) is 26.2. The van der Waals surface area contributed by atoms with Crippen molar-refractivity contribution in [1.82, 2.24) is 0 Å². The molecule has 0 radical (unpaired) electrons. The van der Waals surface area contributed by atoms with Gasteiger partial charge < -0.3 is 34.6 Å². The van der Waals surface area contributed by atoms with Crippen LogP contribution < -0.4 is 30.4 Å². The van der Waals surface area contributed by atoms with Crippen molar-refractivity contribution in [2.45, 2.75) is 33.0 Å². The molecular weight excluding hydrogens is 1350 g/mol. The monoisotopic (exact) mass is 1360 g/mol. The van der Waals surface area contributed by atoms with Crippen LogP contribution in [0.3, 0.4) is 0 Å². The van der Waals surface area contributed by atoms with E-state index in [1.165, 1.54) is 0 Å². The summed E-state index contributed by atoms with van der Waals surface area (Å²) in [5.74, 6) is -26.7. The van der Waals surface area contributed by atoms with Gasteiger partial charge in [-0.2, -0.15) is 130 Å². The van der Waals surface area contributed by atoms with Gasteiger partial charge in [0.15, 0.2) is 28.7 Å². The van der Waals surface area contributed by atoms with Gasteiger partial charge in [0.1, 0.15) is 15.1 Å². The zero-order valence-corrected chi connectivity index (χ0v) is 40.9. The smallest absolute Gasteiger partial charge is 0.496 e. The lowest BCUT2D eigenvalue weighted by Crippen LogP contribution is -2.32. The summed E-state index contributed by atoms with van der Waals surface area (Å²) in [5.41, 5.74) is -50.7. The molecule has 0 saturated heterocycles. The lowest BCUT2D eigenvalue weighted by molar-refractivity contribution is -0.0523. The Morgan fingerprint density at radius 2 is 0.640 bits per heavy atom. The molecule has 75 heavy (non-hydrogen) atoms. The van der Waals surface area contributed by atoms with Crippen molar-refractivity contribution in [3.8, 4) is 51.4 Å². The number of ketones is 2. The lowest BCUT2D eigenvalue weighted by atomic mass is 9.83. The van der Waals surface area contributed by atoms with E-state index in [-0.39, 0.29) is 14.2 Å². The number of Topliss-reactive ketones (excluding diaryl/α,β-unsaturated/α-hetero) is 2. The first-order chi connectivity index (χ1) is 33.1. The molecule has 3 aromatic carbocycles. The minimum Gasteiger partial charge on any atom is -0.496 e. The molecule has 0 atom stereocenters. The third kappa shape index (κ3) is 11.5. The molecule has 0 N–H and O–H groups in total. The molecule has 47 heteroatoms. The van der Waals surface area contributed by atoms with E-state index in [0.717, 1.165) is 0 Å². The van der Waals surface area contributed by atoms with E-state index < -0.39 is 206 Å². The van der Waals surface area contributed by atoms with Crippen LogP contribution in [0.5, 0.6) is 40.2 Å². The number of fused-ring (bicyclic) bond motifs is 2. The van der Waals surface area contributed by atoms with Crippen LogP contribution in [0.4, 0.5) is 79.0 Å². The molecule has 0 aliphatic heterocycles. The summed E-state index contributed by atoms with van der Waals surface area (Å²) >= 11 is 0.363. The summed E-state index contributed by atoms with van der Waals surface area (Å²) in [6.07, 6.45) is 0. The van der Waals surface area contributed by atoms with Crippen LogP contribution in [0, 0.1) is 0 Å². The van der Waals surface area contributed by atoms with E-state index in [1.807, 2.05) is 0 Å². The predicted molar refractivity (Wildman–Crippen MR) is 206 cm³/mol.